The molecule has 0 aliphatic heterocycles. The number of anilines is 1. The van der Waals surface area contributed by atoms with Gasteiger partial charge in [-0.15, -0.1) is 0 Å². The molecule has 0 saturated heterocycles. The minimum Gasteiger partial charge on any atom is -0.495 e. The monoisotopic (exact) mass is 693 g/mol. The Morgan fingerprint density at radius 3 is 2.40 bits per heavy atom. The van der Waals surface area contributed by atoms with Crippen LogP contribution in [0.3, 0.4) is 0 Å². The second kappa shape index (κ2) is 15.9. The molecule has 250 valence electrons. The third kappa shape index (κ3) is 9.08. The number of nitrogens with one attached hydrogen (secondary N) is 2. The molecule has 0 unspecified atom stereocenters. The number of carbonyl (C=O) groups excluding carboxylic acids is 2. The Morgan fingerprint density at radius 2 is 1.73 bits per heavy atom. The van der Waals surface area contributed by atoms with Crippen molar-refractivity contribution < 1.29 is 32.4 Å². The molecule has 0 saturated carbocycles. The number of nitro benzene ring substituents is 1. The van der Waals surface area contributed by atoms with Gasteiger partial charge in [-0.1, -0.05) is 48.0 Å². The summed E-state index contributed by atoms with van der Waals surface area (Å²) in [6, 6.07) is 23.5. The molecule has 0 aliphatic rings. The molecule has 15 heteroatoms. The van der Waals surface area contributed by atoms with Gasteiger partial charge in [-0.25, -0.2) is 13.8 Å². The number of ether oxygens (including phenoxy) is 2. The van der Waals surface area contributed by atoms with Crippen LogP contribution in [0.15, 0.2) is 101 Å². The van der Waals surface area contributed by atoms with Crippen molar-refractivity contribution in [3.63, 3.8) is 0 Å². The van der Waals surface area contributed by atoms with Crippen LogP contribution in [0.2, 0.25) is 5.02 Å². The number of aryl methyl sites for hydroxylation is 1. The van der Waals surface area contributed by atoms with E-state index in [9.17, 15) is 28.1 Å². The molecule has 13 nitrogen and oxygen atoms in total. The van der Waals surface area contributed by atoms with E-state index in [1.54, 1.807) is 24.3 Å². The highest BCUT2D eigenvalue weighted by molar-refractivity contribution is 7.92. The Balaban J connectivity index is 1.43. The summed E-state index contributed by atoms with van der Waals surface area (Å²) >= 11 is 6.16. The van der Waals surface area contributed by atoms with Crippen LogP contribution in [0.1, 0.15) is 29.7 Å². The maximum absolute atomic E-state index is 13.8. The van der Waals surface area contributed by atoms with Crippen molar-refractivity contribution in [3.05, 3.63) is 123 Å². The topological polar surface area (TPSA) is 170 Å². The number of rotatable bonds is 14. The molecule has 1 atom stereocenters. The lowest BCUT2D eigenvalue weighted by Crippen LogP contribution is -2.39. The van der Waals surface area contributed by atoms with E-state index < -0.39 is 38.0 Å². The van der Waals surface area contributed by atoms with Crippen molar-refractivity contribution in [2.45, 2.75) is 24.8 Å². The van der Waals surface area contributed by atoms with Crippen LogP contribution in [0.5, 0.6) is 11.5 Å². The fourth-order valence-electron chi connectivity index (χ4n) is 4.48. The highest BCUT2D eigenvalue weighted by Crippen LogP contribution is 2.35. The molecule has 4 aromatic carbocycles. The Labute approximate surface area is 282 Å². The van der Waals surface area contributed by atoms with Crippen molar-refractivity contribution in [3.8, 4) is 11.5 Å². The summed E-state index contributed by atoms with van der Waals surface area (Å²) in [5.74, 6) is -0.585. The molecule has 0 radical (unpaired) electrons. The number of sulfonamides is 1. The van der Waals surface area contributed by atoms with Gasteiger partial charge in [0.05, 0.1) is 34.9 Å². The van der Waals surface area contributed by atoms with Crippen LogP contribution in [0.25, 0.3) is 0 Å². The number of hydrogen-bond acceptors (Lipinski definition) is 9. The van der Waals surface area contributed by atoms with E-state index in [2.05, 4.69) is 15.8 Å². The predicted octanol–water partition coefficient (Wildman–Crippen LogP) is 5.17. The second-order valence-corrected chi connectivity index (χ2v) is 12.7. The van der Waals surface area contributed by atoms with Gasteiger partial charge < -0.3 is 14.8 Å². The molecule has 4 rings (SSSR count). The molecule has 0 spiro atoms. The Morgan fingerprint density at radius 1 is 1.02 bits per heavy atom. The Kier molecular flexibility index (Phi) is 11.7. The summed E-state index contributed by atoms with van der Waals surface area (Å²) in [7, 11) is -3.24. The molecule has 0 fully saturated rings. The summed E-state index contributed by atoms with van der Waals surface area (Å²) in [6.45, 7) is 2.40. The van der Waals surface area contributed by atoms with Crippen LogP contribution < -0.4 is 24.5 Å². The van der Waals surface area contributed by atoms with Crippen LogP contribution in [0, 0.1) is 17.0 Å². The quantitative estimate of drug-likeness (QED) is 0.104. The first-order chi connectivity index (χ1) is 22.9. The second-order valence-electron chi connectivity index (χ2n) is 10.4. The first kappa shape index (κ1) is 35.4. The number of hydrogen-bond donors (Lipinski definition) is 2. The Bertz CT molecular complexity index is 1920. The number of benzene rings is 4. The third-order valence-corrected chi connectivity index (χ3v) is 8.98. The minimum absolute atomic E-state index is 0.0637. The van der Waals surface area contributed by atoms with Crippen molar-refractivity contribution in [2.24, 2.45) is 5.10 Å². The first-order valence-electron chi connectivity index (χ1n) is 14.4. The molecule has 48 heavy (non-hydrogen) atoms. The summed E-state index contributed by atoms with van der Waals surface area (Å²) in [6.07, 6.45) is 1.33. The maximum atomic E-state index is 13.8. The number of nitrogens with zero attached hydrogens (tertiary/aromatic N) is 3. The minimum atomic E-state index is -4.55. The number of carbonyl (C=O) groups is 2. The summed E-state index contributed by atoms with van der Waals surface area (Å²) in [5.41, 5.74) is 3.62. The molecule has 2 amide bonds. The number of amides is 2. The van der Waals surface area contributed by atoms with E-state index in [0.717, 1.165) is 15.9 Å². The van der Waals surface area contributed by atoms with Gasteiger partial charge in [0.15, 0.2) is 6.61 Å². The van der Waals surface area contributed by atoms with E-state index in [1.807, 2.05) is 37.3 Å². The van der Waals surface area contributed by atoms with Crippen molar-refractivity contribution in [2.75, 3.05) is 24.6 Å². The van der Waals surface area contributed by atoms with Crippen molar-refractivity contribution >= 4 is 51.0 Å². The van der Waals surface area contributed by atoms with Crippen LogP contribution >= 0.6 is 11.6 Å². The lowest BCUT2D eigenvalue weighted by Gasteiger charge is -2.25. The highest BCUT2D eigenvalue weighted by atomic mass is 35.5. The molecule has 4 aromatic rings. The van der Waals surface area contributed by atoms with Crippen LogP contribution in [0.4, 0.5) is 11.4 Å². The molecule has 2 N–H and O–H groups in total. The average Bonchev–Trinajstić information content (AvgIpc) is 3.07. The van der Waals surface area contributed by atoms with Gasteiger partial charge in [0.25, 0.3) is 27.5 Å². The number of halogens is 1. The number of hydrazone groups is 1. The van der Waals surface area contributed by atoms with E-state index in [1.165, 1.54) is 50.6 Å². The Hall–Kier alpha value is -5.47. The first-order valence-corrected chi connectivity index (χ1v) is 16.2. The summed E-state index contributed by atoms with van der Waals surface area (Å²) in [4.78, 5) is 35.7. The van der Waals surface area contributed by atoms with Gasteiger partial charge >= 0.3 is 0 Å². The van der Waals surface area contributed by atoms with Gasteiger partial charge in [-0.2, -0.15) is 5.10 Å². The van der Waals surface area contributed by atoms with Gasteiger partial charge in [0, 0.05) is 16.7 Å². The van der Waals surface area contributed by atoms with Gasteiger partial charge in [-0.3, -0.25) is 24.0 Å². The SMILES string of the molecule is COc1ccc(Cl)cc1N(CC(=O)N/N=C\c1ccc(OCC(=O)N[C@H](C)c2ccccc2)cc1)S(=O)(=O)c1ccc(C)c([N+](=O)[O-])c1. The summed E-state index contributed by atoms with van der Waals surface area (Å²) < 4.78 is 39.3. The van der Waals surface area contributed by atoms with E-state index in [-0.39, 0.29) is 40.6 Å². The van der Waals surface area contributed by atoms with Gasteiger partial charge in [0.1, 0.15) is 18.0 Å². The third-order valence-electron chi connectivity index (χ3n) is 6.99. The zero-order valence-corrected chi connectivity index (χ0v) is 27.7. The molecule has 0 heterocycles. The molecule has 0 aromatic heterocycles. The lowest BCUT2D eigenvalue weighted by molar-refractivity contribution is -0.385. The number of methoxy groups -OCH3 is 1. The van der Waals surface area contributed by atoms with Gasteiger partial charge in [-0.05, 0) is 73.5 Å². The summed E-state index contributed by atoms with van der Waals surface area (Å²) in [5, 5.41) is 18.5. The van der Waals surface area contributed by atoms with E-state index >= 15 is 0 Å². The fraction of sp³-hybridized carbons (Fsp3) is 0.182. The maximum Gasteiger partial charge on any atom is 0.273 e. The van der Waals surface area contributed by atoms with Crippen LogP contribution in [-0.4, -0.2) is 51.6 Å². The van der Waals surface area contributed by atoms with E-state index in [4.69, 9.17) is 21.1 Å². The largest absolute Gasteiger partial charge is 0.495 e. The fourth-order valence-corrected chi connectivity index (χ4v) is 6.09. The molecule has 0 aliphatic carbocycles. The zero-order chi connectivity index (χ0) is 34.8. The van der Waals surface area contributed by atoms with E-state index in [0.29, 0.717) is 11.3 Å². The van der Waals surface area contributed by atoms with Gasteiger partial charge in [0.2, 0.25) is 0 Å². The molecular weight excluding hydrogens is 662 g/mol. The normalized spacial score (nSPS) is 11.8. The average molecular weight is 694 g/mol. The smallest absolute Gasteiger partial charge is 0.273 e. The highest BCUT2D eigenvalue weighted by Gasteiger charge is 2.31. The molecular formula is C33H32ClN5O8S. The zero-order valence-electron chi connectivity index (χ0n) is 26.1. The predicted molar refractivity (Wildman–Crippen MR) is 181 cm³/mol. The van der Waals surface area contributed by atoms with Crippen LogP contribution in [-0.2, 0) is 19.6 Å². The standard InChI is InChI=1S/C33H32ClN5O8S/c1-22-9-15-28(18-29(22)39(42)43)48(44,45)38(30-17-26(34)12-16-31(30)46-3)20-32(40)37-35-19-24-10-13-27(14-11-24)47-21-33(41)36-23(2)25-7-5-4-6-8-25/h4-19,23H,20-21H2,1-3H3,(H,36,41)(H,37,40)/b35-19-/t23-/m1/s1. The number of nitro groups is 1. The van der Waals surface area contributed by atoms with Crippen molar-refractivity contribution in [1.82, 2.24) is 10.7 Å². The lowest BCUT2D eigenvalue weighted by atomic mass is 10.1. The molecule has 0 bridgehead atoms. The van der Waals surface area contributed by atoms with Crippen molar-refractivity contribution in [1.29, 1.82) is 0 Å².